The van der Waals surface area contributed by atoms with Gasteiger partial charge in [0.2, 0.25) is 0 Å². The van der Waals surface area contributed by atoms with Crippen molar-refractivity contribution < 1.29 is 5.11 Å². The highest BCUT2D eigenvalue weighted by Crippen LogP contribution is 2.28. The summed E-state index contributed by atoms with van der Waals surface area (Å²) in [5, 5.41) is 15.6. The van der Waals surface area contributed by atoms with Crippen molar-refractivity contribution in [1.82, 2.24) is 9.97 Å². The summed E-state index contributed by atoms with van der Waals surface area (Å²) in [5.41, 5.74) is 1.13. The van der Waals surface area contributed by atoms with Gasteiger partial charge in [-0.15, -0.1) is 0 Å². The van der Waals surface area contributed by atoms with Crippen molar-refractivity contribution in [2.75, 3.05) is 23.8 Å². The normalized spacial score (nSPS) is 12.5. The molecule has 0 aromatic carbocycles. The fourth-order valence-electron chi connectivity index (χ4n) is 2.07. The van der Waals surface area contributed by atoms with E-state index >= 15 is 0 Å². The summed E-state index contributed by atoms with van der Waals surface area (Å²) in [7, 11) is 0. The first-order valence-electron chi connectivity index (χ1n) is 7.06. The molecule has 0 saturated heterocycles. The van der Waals surface area contributed by atoms with Gasteiger partial charge in [-0.1, -0.05) is 13.8 Å². The first-order chi connectivity index (χ1) is 9.10. The van der Waals surface area contributed by atoms with Crippen LogP contribution in [0.5, 0.6) is 0 Å². The third-order valence-electron chi connectivity index (χ3n) is 2.98. The Balaban J connectivity index is 2.89. The third-order valence-corrected chi connectivity index (χ3v) is 2.98. The number of anilines is 2. The van der Waals surface area contributed by atoms with Gasteiger partial charge in [0.15, 0.2) is 0 Å². The molecule has 3 N–H and O–H groups in total. The number of nitrogens with zero attached hydrogens (tertiary/aromatic N) is 2. The van der Waals surface area contributed by atoms with E-state index in [1.54, 1.807) is 6.33 Å². The van der Waals surface area contributed by atoms with Crippen LogP contribution in [0.15, 0.2) is 6.33 Å². The first kappa shape index (κ1) is 15.7. The minimum absolute atomic E-state index is 0.232. The zero-order valence-corrected chi connectivity index (χ0v) is 12.4. The van der Waals surface area contributed by atoms with Gasteiger partial charge in [-0.05, 0) is 32.6 Å². The molecule has 0 amide bonds. The van der Waals surface area contributed by atoms with Crippen molar-refractivity contribution in [3.63, 3.8) is 0 Å². The first-order valence-corrected chi connectivity index (χ1v) is 7.06. The standard InChI is InChI=1S/C14H26N4O/c1-5-15-13-12(10(2)3)14(17-9-16-13)18-11(4)7-6-8-19/h9-11,19H,5-8H2,1-4H3,(H2,15,16,17,18). The maximum Gasteiger partial charge on any atom is 0.135 e. The average molecular weight is 266 g/mol. The Bertz CT molecular complexity index is 382. The molecule has 5 nitrogen and oxygen atoms in total. The van der Waals surface area contributed by atoms with E-state index in [1.807, 2.05) is 0 Å². The second kappa shape index (κ2) is 7.94. The van der Waals surface area contributed by atoms with E-state index < -0.39 is 0 Å². The van der Waals surface area contributed by atoms with Gasteiger partial charge in [-0.3, -0.25) is 0 Å². The summed E-state index contributed by atoms with van der Waals surface area (Å²) in [6.07, 6.45) is 3.32. The number of aromatic nitrogens is 2. The molecule has 1 heterocycles. The summed E-state index contributed by atoms with van der Waals surface area (Å²) in [6, 6.07) is 0.286. The SMILES string of the molecule is CCNc1ncnc(NC(C)CCCO)c1C(C)C. The van der Waals surface area contributed by atoms with Crippen molar-refractivity contribution in [2.45, 2.75) is 52.5 Å². The molecule has 1 rings (SSSR count). The van der Waals surface area contributed by atoms with E-state index in [0.29, 0.717) is 5.92 Å². The van der Waals surface area contributed by atoms with E-state index in [1.165, 1.54) is 0 Å². The maximum absolute atomic E-state index is 8.87. The Labute approximate surface area is 115 Å². The Morgan fingerprint density at radius 1 is 1.21 bits per heavy atom. The zero-order valence-electron chi connectivity index (χ0n) is 12.4. The topological polar surface area (TPSA) is 70.1 Å². The molecular formula is C14H26N4O. The molecule has 0 saturated carbocycles. The highest BCUT2D eigenvalue weighted by Gasteiger charge is 2.15. The lowest BCUT2D eigenvalue weighted by atomic mass is 10.0. The quantitative estimate of drug-likeness (QED) is 0.674. The van der Waals surface area contributed by atoms with Gasteiger partial charge in [-0.25, -0.2) is 9.97 Å². The van der Waals surface area contributed by atoms with E-state index in [-0.39, 0.29) is 12.6 Å². The van der Waals surface area contributed by atoms with Crippen LogP contribution < -0.4 is 10.6 Å². The maximum atomic E-state index is 8.87. The third kappa shape index (κ3) is 4.67. The molecule has 1 aromatic rings. The van der Waals surface area contributed by atoms with Gasteiger partial charge < -0.3 is 15.7 Å². The molecule has 0 aliphatic heterocycles. The molecule has 0 radical (unpaired) electrons. The van der Waals surface area contributed by atoms with E-state index in [9.17, 15) is 0 Å². The number of hydrogen-bond acceptors (Lipinski definition) is 5. The number of nitrogens with one attached hydrogen (secondary N) is 2. The van der Waals surface area contributed by atoms with Crippen LogP contribution in [-0.4, -0.2) is 34.3 Å². The molecular weight excluding hydrogens is 240 g/mol. The lowest BCUT2D eigenvalue weighted by molar-refractivity contribution is 0.282. The van der Waals surface area contributed by atoms with Gasteiger partial charge in [0, 0.05) is 24.8 Å². The number of aliphatic hydroxyl groups is 1. The summed E-state index contributed by atoms with van der Waals surface area (Å²) < 4.78 is 0. The summed E-state index contributed by atoms with van der Waals surface area (Å²) >= 11 is 0. The van der Waals surface area contributed by atoms with Gasteiger partial charge in [0.05, 0.1) is 0 Å². The fourth-order valence-corrected chi connectivity index (χ4v) is 2.07. The second-order valence-electron chi connectivity index (χ2n) is 5.08. The minimum Gasteiger partial charge on any atom is -0.396 e. The van der Waals surface area contributed by atoms with E-state index in [0.717, 1.165) is 36.6 Å². The predicted octanol–water partition coefficient (Wildman–Crippen LogP) is 2.60. The number of aliphatic hydroxyl groups excluding tert-OH is 1. The molecule has 0 aliphatic rings. The number of rotatable bonds is 8. The monoisotopic (exact) mass is 266 g/mol. The van der Waals surface area contributed by atoms with Crippen LogP contribution in [0.2, 0.25) is 0 Å². The van der Waals surface area contributed by atoms with Crippen LogP contribution in [0, 0.1) is 0 Å². The highest BCUT2D eigenvalue weighted by molar-refractivity contribution is 5.59. The van der Waals surface area contributed by atoms with Crippen LogP contribution in [0.1, 0.15) is 52.0 Å². The van der Waals surface area contributed by atoms with Crippen LogP contribution in [-0.2, 0) is 0 Å². The molecule has 5 heteroatoms. The van der Waals surface area contributed by atoms with E-state index in [4.69, 9.17) is 5.11 Å². The average Bonchev–Trinajstić information content (AvgIpc) is 2.36. The molecule has 0 fully saturated rings. The Morgan fingerprint density at radius 3 is 2.47 bits per heavy atom. The lowest BCUT2D eigenvalue weighted by Crippen LogP contribution is -2.19. The minimum atomic E-state index is 0.232. The molecule has 0 bridgehead atoms. The van der Waals surface area contributed by atoms with Gasteiger partial charge in [0.1, 0.15) is 18.0 Å². The van der Waals surface area contributed by atoms with Gasteiger partial charge in [0.25, 0.3) is 0 Å². The van der Waals surface area contributed by atoms with Crippen molar-refractivity contribution in [3.05, 3.63) is 11.9 Å². The van der Waals surface area contributed by atoms with Crippen molar-refractivity contribution in [2.24, 2.45) is 0 Å². The smallest absolute Gasteiger partial charge is 0.135 e. The van der Waals surface area contributed by atoms with Crippen molar-refractivity contribution in [1.29, 1.82) is 0 Å². The van der Waals surface area contributed by atoms with Crippen LogP contribution >= 0.6 is 0 Å². The summed E-state index contributed by atoms with van der Waals surface area (Å²) in [6.45, 7) is 9.52. The molecule has 1 aromatic heterocycles. The van der Waals surface area contributed by atoms with Crippen LogP contribution in [0.25, 0.3) is 0 Å². The Morgan fingerprint density at radius 2 is 1.89 bits per heavy atom. The zero-order chi connectivity index (χ0) is 14.3. The number of hydrogen-bond donors (Lipinski definition) is 3. The second-order valence-corrected chi connectivity index (χ2v) is 5.08. The summed E-state index contributed by atoms with van der Waals surface area (Å²) in [4.78, 5) is 8.68. The molecule has 108 valence electrons. The van der Waals surface area contributed by atoms with E-state index in [2.05, 4.69) is 48.3 Å². The van der Waals surface area contributed by atoms with Gasteiger partial charge in [-0.2, -0.15) is 0 Å². The van der Waals surface area contributed by atoms with Crippen molar-refractivity contribution >= 4 is 11.6 Å². The molecule has 19 heavy (non-hydrogen) atoms. The molecule has 1 unspecified atom stereocenters. The Kier molecular flexibility index (Phi) is 6.56. The predicted molar refractivity (Wildman–Crippen MR) is 79.7 cm³/mol. The van der Waals surface area contributed by atoms with Crippen LogP contribution in [0.4, 0.5) is 11.6 Å². The fraction of sp³-hybridized carbons (Fsp3) is 0.714. The lowest BCUT2D eigenvalue weighted by Gasteiger charge is -2.20. The van der Waals surface area contributed by atoms with Gasteiger partial charge >= 0.3 is 0 Å². The largest absolute Gasteiger partial charge is 0.396 e. The molecule has 0 aliphatic carbocycles. The highest BCUT2D eigenvalue weighted by atomic mass is 16.2. The Hall–Kier alpha value is -1.36. The summed E-state index contributed by atoms with van der Waals surface area (Å²) in [5.74, 6) is 2.15. The van der Waals surface area contributed by atoms with Crippen molar-refractivity contribution in [3.8, 4) is 0 Å². The molecule has 0 spiro atoms. The molecule has 1 atom stereocenters. The van der Waals surface area contributed by atoms with Crippen LogP contribution in [0.3, 0.4) is 0 Å².